The Kier molecular flexibility index (Phi) is 5.61. The van der Waals surface area contributed by atoms with Crippen LogP contribution in [0.3, 0.4) is 0 Å². The molecule has 0 amide bonds. The summed E-state index contributed by atoms with van der Waals surface area (Å²) in [5.41, 5.74) is 3.10. The number of benzene rings is 1. The molecule has 0 aliphatic heterocycles. The number of hydrogen-bond acceptors (Lipinski definition) is 1. The van der Waals surface area contributed by atoms with Gasteiger partial charge in [0.1, 0.15) is 8.07 Å². The third-order valence-electron chi connectivity index (χ3n) is 2.42. The minimum absolute atomic E-state index is 0.0856. The van der Waals surface area contributed by atoms with Crippen molar-refractivity contribution in [3.8, 4) is 0 Å². The summed E-state index contributed by atoms with van der Waals surface area (Å²) in [6.07, 6.45) is 1.82. The van der Waals surface area contributed by atoms with Crippen molar-refractivity contribution in [1.82, 2.24) is 0 Å². The van der Waals surface area contributed by atoms with Crippen molar-refractivity contribution in [2.75, 3.05) is 0 Å². The molecule has 0 aromatic heterocycles. The normalized spacial score (nSPS) is 14.5. The summed E-state index contributed by atoms with van der Waals surface area (Å²) >= 11 is 6.19. The SMILES string of the molecule is CC(C=C=C(Cl)[Si](C)(C)C)S(=O)c1ccccc1. The molecule has 0 heterocycles. The van der Waals surface area contributed by atoms with E-state index in [1.807, 2.05) is 43.3 Å². The van der Waals surface area contributed by atoms with Crippen LogP contribution in [-0.2, 0) is 10.8 Å². The average Bonchev–Trinajstić information content (AvgIpc) is 2.34. The average molecular weight is 299 g/mol. The van der Waals surface area contributed by atoms with Gasteiger partial charge in [-0.15, -0.1) is 5.73 Å². The maximum absolute atomic E-state index is 12.2. The Morgan fingerprint density at radius 1 is 1.33 bits per heavy atom. The van der Waals surface area contributed by atoms with Gasteiger partial charge in [-0.1, -0.05) is 49.4 Å². The first-order valence-corrected chi connectivity index (χ1v) is 11.0. The molecule has 18 heavy (non-hydrogen) atoms. The maximum Gasteiger partial charge on any atom is 0.102 e. The molecular formula is C14H19ClOSSi. The van der Waals surface area contributed by atoms with Crippen LogP contribution in [0.5, 0.6) is 0 Å². The molecule has 0 radical (unpaired) electrons. The first-order chi connectivity index (χ1) is 8.32. The molecule has 2 unspecified atom stereocenters. The minimum Gasteiger partial charge on any atom is -0.254 e. The van der Waals surface area contributed by atoms with Gasteiger partial charge in [0.05, 0.1) is 16.0 Å². The van der Waals surface area contributed by atoms with E-state index < -0.39 is 18.9 Å². The third-order valence-corrected chi connectivity index (χ3v) is 7.24. The second kappa shape index (κ2) is 6.53. The van der Waals surface area contributed by atoms with Crippen molar-refractivity contribution in [2.45, 2.75) is 36.7 Å². The van der Waals surface area contributed by atoms with Crippen molar-refractivity contribution in [1.29, 1.82) is 0 Å². The van der Waals surface area contributed by atoms with Crippen molar-refractivity contribution in [3.63, 3.8) is 0 Å². The quantitative estimate of drug-likeness (QED) is 0.597. The highest BCUT2D eigenvalue weighted by Gasteiger charge is 2.17. The van der Waals surface area contributed by atoms with Gasteiger partial charge in [-0.2, -0.15) is 0 Å². The Bertz CT molecular complexity index is 484. The molecule has 0 saturated carbocycles. The molecule has 1 rings (SSSR count). The zero-order chi connectivity index (χ0) is 13.8. The second-order valence-electron chi connectivity index (χ2n) is 5.19. The molecule has 0 fully saturated rings. The lowest BCUT2D eigenvalue weighted by molar-refractivity contribution is 0.679. The van der Waals surface area contributed by atoms with Crippen LogP contribution in [0.4, 0.5) is 0 Å². The van der Waals surface area contributed by atoms with Crippen LogP contribution in [0.15, 0.2) is 51.7 Å². The lowest BCUT2D eigenvalue weighted by Gasteiger charge is -2.12. The predicted molar refractivity (Wildman–Crippen MR) is 83.1 cm³/mol. The van der Waals surface area contributed by atoms with Crippen LogP contribution in [0.1, 0.15) is 6.92 Å². The van der Waals surface area contributed by atoms with Crippen LogP contribution in [0.25, 0.3) is 0 Å². The van der Waals surface area contributed by atoms with Gasteiger partial charge in [0, 0.05) is 9.55 Å². The summed E-state index contributed by atoms with van der Waals surface area (Å²) in [5, 5.41) is -0.0856. The summed E-state index contributed by atoms with van der Waals surface area (Å²) in [6, 6.07) is 9.47. The fourth-order valence-electron chi connectivity index (χ4n) is 1.24. The van der Waals surface area contributed by atoms with E-state index in [1.54, 1.807) is 0 Å². The van der Waals surface area contributed by atoms with E-state index in [4.69, 9.17) is 11.6 Å². The molecule has 1 nitrogen and oxygen atoms in total. The number of hydrogen-bond donors (Lipinski definition) is 0. The molecule has 0 aliphatic rings. The van der Waals surface area contributed by atoms with E-state index in [-0.39, 0.29) is 5.25 Å². The van der Waals surface area contributed by atoms with E-state index in [1.165, 1.54) is 0 Å². The molecule has 0 spiro atoms. The third kappa shape index (κ3) is 4.58. The molecule has 4 heteroatoms. The topological polar surface area (TPSA) is 17.1 Å². The Morgan fingerprint density at radius 3 is 2.39 bits per heavy atom. The molecular weight excluding hydrogens is 280 g/mol. The number of rotatable bonds is 4. The van der Waals surface area contributed by atoms with Gasteiger partial charge >= 0.3 is 0 Å². The largest absolute Gasteiger partial charge is 0.254 e. The van der Waals surface area contributed by atoms with Crippen molar-refractivity contribution >= 4 is 30.5 Å². The summed E-state index contributed by atoms with van der Waals surface area (Å²) < 4.78 is 13.0. The standard InChI is InChI=1S/C14H19ClOSSi/c1-12(10-11-14(15)18(2,3)4)17(16)13-8-6-5-7-9-13/h5-10,12H,1-4H3. The van der Waals surface area contributed by atoms with Crippen molar-refractivity contribution < 1.29 is 4.21 Å². The summed E-state index contributed by atoms with van der Waals surface area (Å²) in [4.78, 5) is 0.840. The highest BCUT2D eigenvalue weighted by atomic mass is 35.5. The van der Waals surface area contributed by atoms with Gasteiger partial charge in [-0.3, -0.25) is 4.21 Å². The Hall–Kier alpha value is -0.603. The molecule has 0 aliphatic carbocycles. The fraction of sp³-hybridized carbons (Fsp3) is 0.357. The molecule has 0 saturated heterocycles. The minimum atomic E-state index is -1.50. The summed E-state index contributed by atoms with van der Waals surface area (Å²) in [7, 11) is -2.55. The zero-order valence-electron chi connectivity index (χ0n) is 11.2. The fourth-order valence-corrected chi connectivity index (χ4v) is 2.86. The van der Waals surface area contributed by atoms with Gasteiger partial charge in [-0.05, 0) is 25.1 Å². The van der Waals surface area contributed by atoms with Crippen molar-refractivity contribution in [3.05, 3.63) is 46.8 Å². The van der Waals surface area contributed by atoms with Crippen molar-refractivity contribution in [2.24, 2.45) is 0 Å². The summed E-state index contributed by atoms with van der Waals surface area (Å²) in [6.45, 7) is 8.41. The monoisotopic (exact) mass is 298 g/mol. The molecule has 1 aromatic carbocycles. The molecule has 0 bridgehead atoms. The van der Waals surface area contributed by atoms with Gasteiger partial charge in [0.15, 0.2) is 0 Å². The predicted octanol–water partition coefficient (Wildman–Crippen LogP) is 4.34. The van der Waals surface area contributed by atoms with Gasteiger partial charge in [-0.25, -0.2) is 0 Å². The van der Waals surface area contributed by atoms with Crippen LogP contribution >= 0.6 is 11.6 Å². The summed E-state index contributed by atoms with van der Waals surface area (Å²) in [5.74, 6) is 0. The first kappa shape index (κ1) is 15.5. The van der Waals surface area contributed by atoms with Crippen LogP contribution in [0.2, 0.25) is 19.6 Å². The zero-order valence-corrected chi connectivity index (χ0v) is 13.8. The highest BCUT2D eigenvalue weighted by molar-refractivity contribution is 7.85. The van der Waals surface area contributed by atoms with Gasteiger partial charge < -0.3 is 0 Å². The van der Waals surface area contributed by atoms with E-state index >= 15 is 0 Å². The van der Waals surface area contributed by atoms with E-state index in [0.717, 1.165) is 9.55 Å². The lowest BCUT2D eigenvalue weighted by Crippen LogP contribution is -2.20. The maximum atomic E-state index is 12.2. The molecule has 98 valence electrons. The molecule has 1 aromatic rings. The second-order valence-corrected chi connectivity index (χ2v) is 12.7. The Morgan fingerprint density at radius 2 is 1.89 bits per heavy atom. The first-order valence-electron chi connectivity index (χ1n) is 5.91. The molecule has 0 N–H and O–H groups in total. The van der Waals surface area contributed by atoms with E-state index in [9.17, 15) is 4.21 Å². The van der Waals surface area contributed by atoms with E-state index in [0.29, 0.717) is 0 Å². The van der Waals surface area contributed by atoms with Gasteiger partial charge in [0.2, 0.25) is 0 Å². The van der Waals surface area contributed by atoms with Crippen LogP contribution < -0.4 is 0 Å². The van der Waals surface area contributed by atoms with E-state index in [2.05, 4.69) is 25.4 Å². The highest BCUT2D eigenvalue weighted by Crippen LogP contribution is 2.17. The lowest BCUT2D eigenvalue weighted by atomic mass is 10.4. The molecule has 2 atom stereocenters. The van der Waals surface area contributed by atoms with Crippen LogP contribution in [-0.4, -0.2) is 17.5 Å². The van der Waals surface area contributed by atoms with Gasteiger partial charge in [0.25, 0.3) is 0 Å². The Labute approximate surface area is 118 Å². The smallest absolute Gasteiger partial charge is 0.102 e. The van der Waals surface area contributed by atoms with Crippen LogP contribution in [0, 0.1) is 0 Å². The number of halogens is 1. The Balaban J connectivity index is 2.88.